The van der Waals surface area contributed by atoms with Gasteiger partial charge in [-0.3, -0.25) is 47.6 Å². The molecule has 10 aromatic heterocycles. The van der Waals surface area contributed by atoms with Crippen LogP contribution < -0.4 is 45.3 Å². The fraction of sp³-hybridized carbons (Fsp3) is 0.448. The van der Waals surface area contributed by atoms with E-state index < -0.39 is 179 Å². The Bertz CT molecular complexity index is 5520. The first-order valence-corrected chi connectivity index (χ1v) is 34.1. The lowest BCUT2D eigenvalue weighted by Crippen LogP contribution is -2.43. The minimum absolute atomic E-state index is 0.0139. The average molecular weight is 1630 g/mol. The summed E-state index contributed by atoms with van der Waals surface area (Å²) in [5, 5.41) is 98.4. The third-order valence-electron chi connectivity index (χ3n) is 19.2. The summed E-state index contributed by atoms with van der Waals surface area (Å²) in [4.78, 5) is 80.0. The van der Waals surface area contributed by atoms with E-state index in [1.54, 1.807) is 5.92 Å². The number of aromatic nitrogens is 18. The van der Waals surface area contributed by atoms with Crippen LogP contribution in [-0.2, 0) is 23.7 Å². The Hall–Kier alpha value is -11.7. The molecule has 48 heteroatoms. The van der Waals surface area contributed by atoms with E-state index >= 15 is 22.0 Å². The fourth-order valence-electron chi connectivity index (χ4n) is 13.4. The summed E-state index contributed by atoms with van der Waals surface area (Å²) in [5.74, 6) is 7.71. The Kier molecular flexibility index (Phi) is 22.9. The Morgan fingerprint density at radius 2 is 0.817 bits per heavy atom. The van der Waals surface area contributed by atoms with E-state index in [9.17, 15) is 69.8 Å². The first kappa shape index (κ1) is 84.2. The summed E-state index contributed by atoms with van der Waals surface area (Å²) in [7, 11) is 0. The number of H-pyrrole nitrogens is 4. The monoisotopic (exact) mass is 1630 g/mol. The number of nitrogen functional groups attached to an aromatic ring is 5. The number of alkyl halides is 5. The smallest absolute Gasteiger partial charge is 0.280 e. The highest BCUT2D eigenvalue weighted by Gasteiger charge is 2.64. The van der Waals surface area contributed by atoms with Gasteiger partial charge in [0.1, 0.15) is 83.1 Å². The SMILES string of the molecule is C#CC1(F)[C@@H](O)[C@@H]([C@H](C)O)O[C@H]1n1cc(F)c2c(=O)[nH]c(N)nc21.C#CC1(F)[C@@H](O)[C@@H]([C@H](C)O)O[C@H]1n1ccc2c(=O)[nH]c(N)nc21.C#CC1(F)[C@@H](O)[C@@H]([C@H](C)O)O[C@H]1n1cnc2c(=O)[nH]c(N)nc21.C#CC1(F)[C@@H](O)[C@@H]([C@H](C)O)O[C@H]1n1cnc2c(=S)nc(N)[nH]c21.C#CC1(F)[C@@H](O)[C@@H]([C@H](C)O)O[C@H]1n1cnc2cnc(N)nc21. The lowest BCUT2D eigenvalue weighted by atomic mass is 9.95. The van der Waals surface area contributed by atoms with Crippen LogP contribution in [0.1, 0.15) is 65.8 Å². The van der Waals surface area contributed by atoms with Crippen molar-refractivity contribution in [2.75, 3.05) is 28.7 Å². The second-order valence-electron chi connectivity index (χ2n) is 26.8. The number of aliphatic hydroxyl groups excluding tert-OH is 10. The number of nitrogens with two attached hydrogens (primary N) is 5. The maximum atomic E-state index is 15.1. The number of aliphatic hydroxyl groups is 10. The lowest BCUT2D eigenvalue weighted by molar-refractivity contribution is -0.0776. The van der Waals surface area contributed by atoms with E-state index in [0.29, 0.717) is 5.52 Å². The first-order chi connectivity index (χ1) is 54.0. The number of hydrogen-bond donors (Lipinski definition) is 19. The molecular weight excluding hydrogens is 1560 g/mol. The van der Waals surface area contributed by atoms with Crippen LogP contribution in [0.15, 0.2) is 58.0 Å². The van der Waals surface area contributed by atoms with E-state index in [1.807, 2.05) is 23.7 Å². The largest absolute Gasteiger partial charge is 0.391 e. The number of halogens is 6. The zero-order valence-electron chi connectivity index (χ0n) is 60.0. The molecule has 610 valence electrons. The molecular formula is C67H71F6N23O18S. The van der Waals surface area contributed by atoms with Gasteiger partial charge in [0.2, 0.25) is 52.1 Å². The highest BCUT2D eigenvalue weighted by Crippen LogP contribution is 2.49. The molecule has 0 saturated carbocycles. The van der Waals surface area contributed by atoms with Crippen molar-refractivity contribution in [1.82, 2.24) is 87.6 Å². The highest BCUT2D eigenvalue weighted by molar-refractivity contribution is 7.71. The van der Waals surface area contributed by atoms with Gasteiger partial charge in [0.25, 0.3) is 16.7 Å². The molecule has 10 aromatic rings. The maximum absolute atomic E-state index is 15.1. The molecule has 5 aliphatic rings. The van der Waals surface area contributed by atoms with Gasteiger partial charge in [-0.1, -0.05) is 41.8 Å². The van der Waals surface area contributed by atoms with Gasteiger partial charge in [-0.15, -0.1) is 32.1 Å². The van der Waals surface area contributed by atoms with Gasteiger partial charge in [-0.05, 0) is 40.7 Å². The van der Waals surface area contributed by atoms with Gasteiger partial charge in [0.15, 0.2) is 75.7 Å². The molecule has 0 bridgehead atoms. The number of ether oxygens (including phenoxy) is 5. The molecule has 5 saturated heterocycles. The van der Waals surface area contributed by atoms with Gasteiger partial charge in [0, 0.05) is 12.4 Å². The number of nitrogens with zero attached hydrogens (tertiary/aromatic N) is 14. The van der Waals surface area contributed by atoms with Crippen molar-refractivity contribution in [2.45, 2.75) is 186 Å². The Morgan fingerprint density at radius 1 is 0.461 bits per heavy atom. The third kappa shape index (κ3) is 14.3. The van der Waals surface area contributed by atoms with E-state index in [2.05, 4.69) is 64.8 Å². The number of hydrogen-bond acceptors (Lipinski definition) is 33. The predicted octanol–water partition coefficient (Wildman–Crippen LogP) is -3.16. The first-order valence-electron chi connectivity index (χ1n) is 33.7. The van der Waals surface area contributed by atoms with Crippen molar-refractivity contribution in [3.8, 4) is 61.7 Å². The molecule has 25 atom stereocenters. The van der Waals surface area contributed by atoms with Gasteiger partial charge in [-0.2, -0.15) is 19.9 Å². The lowest BCUT2D eigenvalue weighted by Gasteiger charge is -2.24. The zero-order chi connectivity index (χ0) is 84.7. The normalized spacial score (nSPS) is 32.1. The molecule has 0 amide bonds. The Morgan fingerprint density at radius 3 is 1.26 bits per heavy atom. The van der Waals surface area contributed by atoms with Crippen molar-refractivity contribution in [3.05, 3.63) is 85.2 Å². The molecule has 0 spiro atoms. The zero-order valence-corrected chi connectivity index (χ0v) is 60.9. The van der Waals surface area contributed by atoms with Crippen LogP contribution in [0.2, 0.25) is 0 Å². The van der Waals surface area contributed by atoms with Crippen LogP contribution in [0.5, 0.6) is 0 Å². The molecule has 5 fully saturated rings. The molecule has 0 aromatic carbocycles. The molecule has 15 rings (SSSR count). The topological polar surface area (TPSA) is 634 Å². The second kappa shape index (κ2) is 31.2. The maximum Gasteiger partial charge on any atom is 0.280 e. The molecule has 5 unspecified atom stereocenters. The number of fused-ring (bicyclic) bond motifs is 5. The summed E-state index contributed by atoms with van der Waals surface area (Å²) < 4.78 is 122. The van der Waals surface area contributed by atoms with E-state index in [-0.39, 0.29) is 79.0 Å². The highest BCUT2D eigenvalue weighted by atomic mass is 32.1. The van der Waals surface area contributed by atoms with Gasteiger partial charge >= 0.3 is 0 Å². The van der Waals surface area contributed by atoms with E-state index in [1.165, 1.54) is 79.4 Å². The number of anilines is 5. The second-order valence-corrected chi connectivity index (χ2v) is 27.2. The standard InChI is InChI=1S/C14H14F2N4O4.C14H15FN4O4.C13H14FN5O4.C13H14FN5O3S.C13H14FN5O3/c1-3-14(16)9(22)8(5(2)21)24-12(14)20-4-6(15)7-10(20)18-13(17)19-11(7)23;1-3-14(15)9(21)8(6(2)20)23-12(14)19-5-4-7-10(19)17-13(16)18-11(7)22;1-3-13(14)8(21)7(5(2)20)23-11(13)19-4-16-6-9(19)17-12(15)18-10(6)22;1-3-13(14)8(21)7(5(2)20)22-11(13)19-4-16-6-9(19)17-12(15)18-10(6)23;1-3-13(14)9(21)8(6(2)20)22-11(13)19-5-17-7-4-16-12(15)18-10(7)19/h1,4-5,8-9,12,21-22H,2H3,(H3,17,18,19,23);1,4-6,8-9,12,20-21H,2H3,(H3,16,17,18,22);1,4-5,7-8,11,20-21H,2H3,(H3,15,17,18,22);1,4-5,7-8,11,20-21H,2H3,(H3,15,17,18,23);1,4-6,8-9,11,20-21H,2H3,(H2,15,16,18)/t5-,8+,9-,12+,14?;6-,8+,9-,12+,14?;2*5-,7+,8-,11+,13?;6-,8+,9-,11+,13?/m00000/s1. The van der Waals surface area contributed by atoms with E-state index in [0.717, 1.165) is 21.7 Å². The van der Waals surface area contributed by atoms with Crippen molar-refractivity contribution < 1.29 is 101 Å². The summed E-state index contributed by atoms with van der Waals surface area (Å²) in [6.07, 6.45) is 5.04. The third-order valence-corrected chi connectivity index (χ3v) is 19.5. The van der Waals surface area contributed by atoms with Crippen LogP contribution in [0.3, 0.4) is 0 Å². The average Bonchev–Trinajstić information content (AvgIpc) is 1.62. The minimum Gasteiger partial charge on any atom is -0.391 e. The summed E-state index contributed by atoms with van der Waals surface area (Å²) >= 11 is 5.05. The molecule has 115 heavy (non-hydrogen) atoms. The van der Waals surface area contributed by atoms with Gasteiger partial charge < -0.3 is 113 Å². The number of nitrogens with one attached hydrogen (secondary N) is 4. The van der Waals surface area contributed by atoms with E-state index in [4.69, 9.17) is 96.7 Å². The summed E-state index contributed by atoms with van der Waals surface area (Å²) in [6.45, 7) is 6.71. The van der Waals surface area contributed by atoms with Crippen LogP contribution in [0.4, 0.5) is 56.1 Å². The minimum atomic E-state index is -2.78. The predicted molar refractivity (Wildman–Crippen MR) is 390 cm³/mol. The van der Waals surface area contributed by atoms with Crippen LogP contribution >= 0.6 is 12.2 Å². The molecule has 41 nitrogen and oxygen atoms in total. The van der Waals surface area contributed by atoms with Crippen molar-refractivity contribution >= 4 is 97.5 Å². The Balaban J connectivity index is 0.000000142. The molecule has 24 N–H and O–H groups in total. The number of rotatable bonds is 10. The van der Waals surface area contributed by atoms with Gasteiger partial charge in [0.05, 0.1) is 61.1 Å². The quantitative estimate of drug-likeness (QED) is 0.0365. The van der Waals surface area contributed by atoms with Crippen molar-refractivity contribution in [1.29, 1.82) is 0 Å². The van der Waals surface area contributed by atoms with Crippen LogP contribution in [0, 0.1) is 72.2 Å². The molecule has 0 radical (unpaired) electrons. The molecule has 0 aliphatic carbocycles. The number of aromatic amines is 4. The van der Waals surface area contributed by atoms with Gasteiger partial charge in [-0.25, -0.2) is 51.3 Å². The Labute approximate surface area is 645 Å². The molecule has 15 heterocycles. The number of imidazole rings is 3. The summed E-state index contributed by atoms with van der Waals surface area (Å²) in [5.41, 5.74) is 13.2. The molecule has 5 aliphatic heterocycles. The van der Waals surface area contributed by atoms with Crippen molar-refractivity contribution in [3.63, 3.8) is 0 Å². The summed E-state index contributed by atoms with van der Waals surface area (Å²) in [6, 6.07) is 1.41. The van der Waals surface area contributed by atoms with Crippen LogP contribution in [0.25, 0.3) is 55.6 Å². The fourth-order valence-corrected chi connectivity index (χ4v) is 13.6. The van der Waals surface area contributed by atoms with Crippen molar-refractivity contribution in [2.24, 2.45) is 0 Å². The number of terminal acetylenes is 5. The van der Waals surface area contributed by atoms with Crippen LogP contribution in [-0.4, -0.2) is 259 Å².